The Hall–Kier alpha value is -3.28. The fourth-order valence-corrected chi connectivity index (χ4v) is 2.93. The van der Waals surface area contributed by atoms with E-state index in [0.717, 1.165) is 34.7 Å². The molecule has 3 rings (SSSR count). The number of rotatable bonds is 7. The second-order valence-corrected chi connectivity index (χ2v) is 6.42. The predicted octanol–water partition coefficient (Wildman–Crippen LogP) is 4.69. The number of nitrogens with one attached hydrogen (secondary N) is 1. The Labute approximate surface area is 164 Å². The first-order valence-corrected chi connectivity index (χ1v) is 9.15. The fourth-order valence-electron chi connectivity index (χ4n) is 2.93. The standard InChI is InChI=1S/C22H24N2O4/c1-5-16-8-6-7-9-19(16)23-22(25)17-10-11-20(21(12-17)26-4)27-13-18-14(2)24-28-15(18)3/h6-12H,5,13H2,1-4H3,(H,23,25). The number of para-hydroxylation sites is 1. The molecule has 146 valence electrons. The Morgan fingerprint density at radius 3 is 2.61 bits per heavy atom. The number of methoxy groups -OCH3 is 1. The van der Waals surface area contributed by atoms with Crippen LogP contribution in [0.5, 0.6) is 11.5 Å². The number of anilines is 1. The highest BCUT2D eigenvalue weighted by Crippen LogP contribution is 2.30. The van der Waals surface area contributed by atoms with Crippen LogP contribution in [-0.4, -0.2) is 18.2 Å². The molecule has 0 atom stereocenters. The molecule has 0 aliphatic heterocycles. The second-order valence-electron chi connectivity index (χ2n) is 6.42. The van der Waals surface area contributed by atoms with Gasteiger partial charge in [-0.05, 0) is 50.1 Å². The molecule has 1 amide bonds. The van der Waals surface area contributed by atoms with E-state index in [0.29, 0.717) is 23.7 Å². The van der Waals surface area contributed by atoms with Crippen LogP contribution in [0, 0.1) is 13.8 Å². The van der Waals surface area contributed by atoms with Crippen molar-refractivity contribution in [2.24, 2.45) is 0 Å². The number of carbonyl (C=O) groups is 1. The van der Waals surface area contributed by atoms with E-state index in [4.69, 9.17) is 14.0 Å². The second kappa shape index (κ2) is 8.61. The largest absolute Gasteiger partial charge is 0.493 e. The van der Waals surface area contributed by atoms with E-state index in [9.17, 15) is 4.79 Å². The van der Waals surface area contributed by atoms with Crippen molar-refractivity contribution in [3.63, 3.8) is 0 Å². The van der Waals surface area contributed by atoms with Crippen LogP contribution in [0.4, 0.5) is 5.69 Å². The van der Waals surface area contributed by atoms with E-state index >= 15 is 0 Å². The van der Waals surface area contributed by atoms with Crippen molar-refractivity contribution >= 4 is 11.6 Å². The third-order valence-electron chi connectivity index (χ3n) is 4.63. The van der Waals surface area contributed by atoms with Gasteiger partial charge < -0.3 is 19.3 Å². The van der Waals surface area contributed by atoms with Gasteiger partial charge in [0.05, 0.1) is 18.4 Å². The summed E-state index contributed by atoms with van der Waals surface area (Å²) in [6.45, 7) is 6.08. The first-order valence-electron chi connectivity index (χ1n) is 9.15. The smallest absolute Gasteiger partial charge is 0.255 e. The van der Waals surface area contributed by atoms with E-state index < -0.39 is 0 Å². The monoisotopic (exact) mass is 380 g/mol. The van der Waals surface area contributed by atoms with Crippen LogP contribution in [-0.2, 0) is 13.0 Å². The van der Waals surface area contributed by atoms with Crippen LogP contribution in [0.2, 0.25) is 0 Å². The lowest BCUT2D eigenvalue weighted by Crippen LogP contribution is -2.13. The molecule has 0 unspecified atom stereocenters. The van der Waals surface area contributed by atoms with Crippen molar-refractivity contribution in [2.45, 2.75) is 33.8 Å². The van der Waals surface area contributed by atoms with Gasteiger partial charge in [-0.25, -0.2) is 0 Å². The summed E-state index contributed by atoms with van der Waals surface area (Å²) in [6.07, 6.45) is 0.842. The fraction of sp³-hybridized carbons (Fsp3) is 0.273. The third kappa shape index (κ3) is 4.17. The SMILES string of the molecule is CCc1ccccc1NC(=O)c1ccc(OCc2c(C)noc2C)c(OC)c1. The molecule has 1 N–H and O–H groups in total. The molecule has 0 radical (unpaired) electrons. The molecule has 0 spiro atoms. The third-order valence-corrected chi connectivity index (χ3v) is 4.63. The summed E-state index contributed by atoms with van der Waals surface area (Å²) in [5, 5.41) is 6.88. The highest BCUT2D eigenvalue weighted by Gasteiger charge is 2.15. The maximum absolute atomic E-state index is 12.7. The lowest BCUT2D eigenvalue weighted by atomic mass is 10.1. The maximum atomic E-state index is 12.7. The van der Waals surface area contributed by atoms with Gasteiger partial charge in [0.15, 0.2) is 11.5 Å². The number of ether oxygens (including phenoxy) is 2. The number of aromatic nitrogens is 1. The molecule has 0 fully saturated rings. The lowest BCUT2D eigenvalue weighted by molar-refractivity contribution is 0.102. The molecular weight excluding hydrogens is 356 g/mol. The predicted molar refractivity (Wildman–Crippen MR) is 107 cm³/mol. The number of benzene rings is 2. The minimum atomic E-state index is -0.198. The number of hydrogen-bond acceptors (Lipinski definition) is 5. The number of nitrogens with zero attached hydrogens (tertiary/aromatic N) is 1. The molecule has 0 saturated heterocycles. The van der Waals surface area contributed by atoms with Crippen LogP contribution < -0.4 is 14.8 Å². The van der Waals surface area contributed by atoms with Crippen molar-refractivity contribution in [1.29, 1.82) is 0 Å². The van der Waals surface area contributed by atoms with Crippen molar-refractivity contribution in [3.8, 4) is 11.5 Å². The molecule has 2 aromatic carbocycles. The Morgan fingerprint density at radius 2 is 1.93 bits per heavy atom. The zero-order valence-corrected chi connectivity index (χ0v) is 16.5. The van der Waals surface area contributed by atoms with Crippen molar-refractivity contribution < 1.29 is 18.8 Å². The molecule has 0 saturated carbocycles. The van der Waals surface area contributed by atoms with E-state index in [1.807, 2.05) is 38.1 Å². The summed E-state index contributed by atoms with van der Waals surface area (Å²) in [4.78, 5) is 12.7. The van der Waals surface area contributed by atoms with E-state index in [1.54, 1.807) is 25.3 Å². The minimum Gasteiger partial charge on any atom is -0.493 e. The normalized spacial score (nSPS) is 10.6. The van der Waals surface area contributed by atoms with Crippen LogP contribution >= 0.6 is 0 Å². The molecule has 6 nitrogen and oxygen atoms in total. The Kier molecular flexibility index (Phi) is 5.99. The average molecular weight is 380 g/mol. The van der Waals surface area contributed by atoms with Crippen LogP contribution in [0.3, 0.4) is 0 Å². The Bertz CT molecular complexity index is 959. The average Bonchev–Trinajstić information content (AvgIpc) is 3.04. The van der Waals surface area contributed by atoms with Gasteiger partial charge in [0, 0.05) is 11.3 Å². The topological polar surface area (TPSA) is 73.6 Å². The molecule has 28 heavy (non-hydrogen) atoms. The van der Waals surface area contributed by atoms with Crippen LogP contribution in [0.25, 0.3) is 0 Å². The summed E-state index contributed by atoms with van der Waals surface area (Å²) < 4.78 is 16.4. The summed E-state index contributed by atoms with van der Waals surface area (Å²) in [6, 6.07) is 12.9. The van der Waals surface area contributed by atoms with Gasteiger partial charge in [-0.1, -0.05) is 30.3 Å². The number of amides is 1. The van der Waals surface area contributed by atoms with Crippen molar-refractivity contribution in [1.82, 2.24) is 5.16 Å². The van der Waals surface area contributed by atoms with Crippen LogP contribution in [0.15, 0.2) is 47.0 Å². The zero-order valence-electron chi connectivity index (χ0n) is 16.5. The maximum Gasteiger partial charge on any atom is 0.255 e. The molecule has 1 heterocycles. The van der Waals surface area contributed by atoms with Crippen molar-refractivity contribution in [3.05, 3.63) is 70.6 Å². The number of aryl methyl sites for hydroxylation is 3. The van der Waals surface area contributed by atoms with E-state index in [1.165, 1.54) is 0 Å². The zero-order chi connectivity index (χ0) is 20.1. The number of hydrogen-bond donors (Lipinski definition) is 1. The molecular formula is C22H24N2O4. The quantitative estimate of drug-likeness (QED) is 0.643. The first kappa shape index (κ1) is 19.5. The Balaban J connectivity index is 1.76. The van der Waals surface area contributed by atoms with Gasteiger partial charge in [0.2, 0.25) is 0 Å². The minimum absolute atomic E-state index is 0.198. The summed E-state index contributed by atoms with van der Waals surface area (Å²) in [5.41, 5.74) is 4.09. The van der Waals surface area contributed by atoms with Gasteiger partial charge >= 0.3 is 0 Å². The van der Waals surface area contributed by atoms with Gasteiger partial charge in [-0.3, -0.25) is 4.79 Å². The number of carbonyl (C=O) groups excluding carboxylic acids is 1. The molecule has 0 bridgehead atoms. The highest BCUT2D eigenvalue weighted by molar-refractivity contribution is 6.05. The Morgan fingerprint density at radius 1 is 1.14 bits per heavy atom. The molecule has 0 aliphatic rings. The first-order chi connectivity index (χ1) is 13.5. The van der Waals surface area contributed by atoms with Crippen molar-refractivity contribution in [2.75, 3.05) is 12.4 Å². The molecule has 6 heteroatoms. The lowest BCUT2D eigenvalue weighted by Gasteiger charge is -2.13. The van der Waals surface area contributed by atoms with Gasteiger partial charge in [-0.15, -0.1) is 0 Å². The molecule has 0 aliphatic carbocycles. The summed E-state index contributed by atoms with van der Waals surface area (Å²) >= 11 is 0. The van der Waals surface area contributed by atoms with Gasteiger partial charge in [0.1, 0.15) is 12.4 Å². The highest BCUT2D eigenvalue weighted by atomic mass is 16.5. The summed E-state index contributed by atoms with van der Waals surface area (Å²) in [7, 11) is 1.55. The molecule has 1 aromatic heterocycles. The van der Waals surface area contributed by atoms with Gasteiger partial charge in [0.25, 0.3) is 5.91 Å². The van der Waals surface area contributed by atoms with E-state index in [2.05, 4.69) is 17.4 Å². The van der Waals surface area contributed by atoms with Crippen LogP contribution in [0.1, 0.15) is 39.9 Å². The van der Waals surface area contributed by atoms with Gasteiger partial charge in [-0.2, -0.15) is 0 Å². The molecule has 3 aromatic rings. The van der Waals surface area contributed by atoms with E-state index in [-0.39, 0.29) is 5.91 Å². The summed E-state index contributed by atoms with van der Waals surface area (Å²) in [5.74, 6) is 1.56.